The van der Waals surface area contributed by atoms with Gasteiger partial charge in [-0.1, -0.05) is 4.49 Å². The zero-order chi connectivity index (χ0) is 8.81. The number of hydrogen-bond donors (Lipinski definition) is 2. The third kappa shape index (κ3) is 2.93. The maximum Gasteiger partial charge on any atom is 0.225 e. The first-order valence-electron chi connectivity index (χ1n) is 3.60. The van der Waals surface area contributed by atoms with Crippen molar-refractivity contribution in [2.75, 3.05) is 11.9 Å². The van der Waals surface area contributed by atoms with Crippen molar-refractivity contribution in [1.82, 2.24) is 9.59 Å². The van der Waals surface area contributed by atoms with E-state index in [2.05, 4.69) is 14.9 Å². The molecule has 0 aliphatic carbocycles. The Morgan fingerprint density at radius 1 is 1.75 bits per heavy atom. The Bertz CT molecular complexity index is 236. The van der Waals surface area contributed by atoms with Gasteiger partial charge in [0.15, 0.2) is 0 Å². The molecule has 0 bridgehead atoms. The molecule has 5 nitrogen and oxygen atoms in total. The maximum absolute atomic E-state index is 11.1. The molecular formula is C6H10N4OS. The van der Waals surface area contributed by atoms with Gasteiger partial charge in [-0.2, -0.15) is 0 Å². The largest absolute Gasteiger partial charge is 0.330 e. The molecule has 0 aliphatic rings. The molecule has 0 spiro atoms. The molecule has 3 N–H and O–H groups in total. The minimum atomic E-state index is -0.0356. The lowest BCUT2D eigenvalue weighted by molar-refractivity contribution is -0.116. The van der Waals surface area contributed by atoms with Crippen molar-refractivity contribution >= 4 is 22.4 Å². The predicted molar refractivity (Wildman–Crippen MR) is 46.8 cm³/mol. The van der Waals surface area contributed by atoms with E-state index in [1.807, 2.05) is 0 Å². The van der Waals surface area contributed by atoms with Crippen LogP contribution in [0.4, 0.5) is 5.00 Å². The lowest BCUT2D eigenvalue weighted by Gasteiger charge is -1.98. The molecule has 0 fully saturated rings. The van der Waals surface area contributed by atoms with Crippen LogP contribution in [0.25, 0.3) is 0 Å². The van der Waals surface area contributed by atoms with Gasteiger partial charge in [-0.05, 0) is 13.0 Å². The number of aromatic nitrogens is 2. The van der Waals surface area contributed by atoms with Crippen LogP contribution in [0.1, 0.15) is 12.8 Å². The van der Waals surface area contributed by atoms with Crippen LogP contribution in [-0.2, 0) is 4.79 Å². The molecule has 1 aromatic heterocycles. The quantitative estimate of drug-likeness (QED) is 0.704. The van der Waals surface area contributed by atoms with Crippen LogP contribution in [0.15, 0.2) is 6.20 Å². The highest BCUT2D eigenvalue weighted by Crippen LogP contribution is 2.09. The van der Waals surface area contributed by atoms with E-state index >= 15 is 0 Å². The number of nitrogens with two attached hydrogens (primary N) is 1. The van der Waals surface area contributed by atoms with Crippen LogP contribution in [0, 0.1) is 0 Å². The van der Waals surface area contributed by atoms with Crippen LogP contribution < -0.4 is 11.1 Å². The first kappa shape index (κ1) is 9.08. The zero-order valence-corrected chi connectivity index (χ0v) is 7.30. The lowest BCUT2D eigenvalue weighted by atomic mass is 10.3. The highest BCUT2D eigenvalue weighted by molar-refractivity contribution is 7.10. The fourth-order valence-electron chi connectivity index (χ4n) is 0.685. The number of nitrogens with zero attached hydrogens (tertiary/aromatic N) is 2. The number of hydrogen-bond acceptors (Lipinski definition) is 5. The Kier molecular flexibility index (Phi) is 3.62. The van der Waals surface area contributed by atoms with E-state index in [4.69, 9.17) is 5.73 Å². The molecule has 1 amide bonds. The summed E-state index contributed by atoms with van der Waals surface area (Å²) in [5.74, 6) is -0.0356. The third-order valence-corrected chi connectivity index (χ3v) is 1.81. The summed E-state index contributed by atoms with van der Waals surface area (Å²) in [5.41, 5.74) is 5.25. The molecule has 1 heterocycles. The molecule has 0 unspecified atom stereocenters. The highest BCUT2D eigenvalue weighted by atomic mass is 32.1. The van der Waals surface area contributed by atoms with Crippen molar-refractivity contribution in [1.29, 1.82) is 0 Å². The van der Waals surface area contributed by atoms with Gasteiger partial charge in [0.05, 0.1) is 6.20 Å². The van der Waals surface area contributed by atoms with Gasteiger partial charge in [0, 0.05) is 18.0 Å². The Morgan fingerprint density at radius 2 is 2.58 bits per heavy atom. The van der Waals surface area contributed by atoms with E-state index in [1.165, 1.54) is 6.20 Å². The molecule has 0 atom stereocenters. The summed E-state index contributed by atoms with van der Waals surface area (Å²) >= 11 is 1.16. The average Bonchev–Trinajstić information content (AvgIpc) is 2.53. The molecule has 1 aromatic rings. The van der Waals surface area contributed by atoms with Crippen LogP contribution in [0.2, 0.25) is 0 Å². The topological polar surface area (TPSA) is 80.9 Å². The fraction of sp³-hybridized carbons (Fsp3) is 0.500. The molecule has 0 saturated heterocycles. The number of anilines is 1. The molecular weight excluding hydrogens is 176 g/mol. The van der Waals surface area contributed by atoms with Crippen LogP contribution in [0.5, 0.6) is 0 Å². The maximum atomic E-state index is 11.1. The van der Waals surface area contributed by atoms with Gasteiger partial charge in [-0.15, -0.1) is 5.10 Å². The van der Waals surface area contributed by atoms with E-state index in [9.17, 15) is 4.79 Å². The second-order valence-corrected chi connectivity index (χ2v) is 3.01. The van der Waals surface area contributed by atoms with Gasteiger partial charge in [-0.3, -0.25) is 4.79 Å². The van der Waals surface area contributed by atoms with Gasteiger partial charge in [-0.25, -0.2) is 0 Å². The second-order valence-electron chi connectivity index (χ2n) is 2.22. The van der Waals surface area contributed by atoms with Crippen molar-refractivity contribution < 1.29 is 4.79 Å². The molecule has 1 rings (SSSR count). The zero-order valence-electron chi connectivity index (χ0n) is 6.49. The van der Waals surface area contributed by atoms with Gasteiger partial charge >= 0.3 is 0 Å². The first-order valence-corrected chi connectivity index (χ1v) is 4.37. The van der Waals surface area contributed by atoms with Crippen LogP contribution >= 0.6 is 11.5 Å². The molecule has 6 heteroatoms. The van der Waals surface area contributed by atoms with E-state index < -0.39 is 0 Å². The van der Waals surface area contributed by atoms with E-state index in [0.717, 1.165) is 11.5 Å². The summed E-state index contributed by atoms with van der Waals surface area (Å²) in [4.78, 5) is 11.1. The standard InChI is InChI=1S/C6H10N4OS/c7-3-1-2-5(11)9-6-4-8-10-12-6/h4H,1-3,7H2,(H,9,11). The minimum absolute atomic E-state index is 0.0356. The van der Waals surface area contributed by atoms with Gasteiger partial charge in [0.1, 0.15) is 5.00 Å². The molecule has 0 aliphatic heterocycles. The number of rotatable bonds is 4. The summed E-state index contributed by atoms with van der Waals surface area (Å²) in [6.07, 6.45) is 2.68. The summed E-state index contributed by atoms with van der Waals surface area (Å²) in [6.45, 7) is 0.536. The van der Waals surface area contributed by atoms with Gasteiger partial charge in [0.25, 0.3) is 0 Å². The molecule has 0 aromatic carbocycles. The second kappa shape index (κ2) is 4.78. The summed E-state index contributed by atoms with van der Waals surface area (Å²) < 4.78 is 3.61. The Balaban J connectivity index is 2.27. The number of amides is 1. The fourth-order valence-corrected chi connectivity index (χ4v) is 1.12. The SMILES string of the molecule is NCCCC(=O)Nc1cnns1. The normalized spacial score (nSPS) is 9.75. The smallest absolute Gasteiger partial charge is 0.225 e. The van der Waals surface area contributed by atoms with Gasteiger partial charge < -0.3 is 11.1 Å². The number of carbonyl (C=O) groups is 1. The van der Waals surface area contributed by atoms with E-state index in [1.54, 1.807) is 0 Å². The molecule has 0 radical (unpaired) electrons. The van der Waals surface area contributed by atoms with Gasteiger partial charge in [0.2, 0.25) is 5.91 Å². The van der Waals surface area contributed by atoms with Crippen molar-refractivity contribution in [3.63, 3.8) is 0 Å². The van der Waals surface area contributed by atoms with Crippen molar-refractivity contribution in [3.05, 3.63) is 6.20 Å². The Morgan fingerprint density at radius 3 is 3.17 bits per heavy atom. The van der Waals surface area contributed by atoms with Crippen molar-refractivity contribution in [2.45, 2.75) is 12.8 Å². The highest BCUT2D eigenvalue weighted by Gasteiger charge is 2.02. The molecule has 66 valence electrons. The van der Waals surface area contributed by atoms with Crippen molar-refractivity contribution in [2.24, 2.45) is 5.73 Å². The molecule has 12 heavy (non-hydrogen) atoms. The lowest BCUT2D eigenvalue weighted by Crippen LogP contribution is -2.12. The number of carbonyl (C=O) groups excluding carboxylic acids is 1. The summed E-state index contributed by atoms with van der Waals surface area (Å²) in [6, 6.07) is 0. The van der Waals surface area contributed by atoms with Crippen LogP contribution in [0.3, 0.4) is 0 Å². The predicted octanol–water partition coefficient (Wildman–Crippen LogP) is 0.215. The summed E-state index contributed by atoms with van der Waals surface area (Å²) in [7, 11) is 0. The minimum Gasteiger partial charge on any atom is -0.330 e. The van der Waals surface area contributed by atoms with Crippen molar-refractivity contribution in [3.8, 4) is 0 Å². The molecule has 0 saturated carbocycles. The Hall–Kier alpha value is -1.01. The third-order valence-electron chi connectivity index (χ3n) is 1.23. The van der Waals surface area contributed by atoms with Crippen LogP contribution in [-0.4, -0.2) is 22.0 Å². The Labute approximate surface area is 74.1 Å². The number of nitrogens with one attached hydrogen (secondary N) is 1. The van der Waals surface area contributed by atoms with E-state index in [0.29, 0.717) is 24.4 Å². The van der Waals surface area contributed by atoms with E-state index in [-0.39, 0.29) is 5.91 Å². The first-order chi connectivity index (χ1) is 5.83. The average molecular weight is 186 g/mol. The monoisotopic (exact) mass is 186 g/mol. The summed E-state index contributed by atoms with van der Waals surface area (Å²) in [5, 5.41) is 6.92.